The zero-order chi connectivity index (χ0) is 17.8. The molecule has 0 amide bonds. The molecule has 1 aromatic heterocycles. The second-order valence-electron chi connectivity index (χ2n) is 5.61. The standard InChI is InChI=1S/C19H10Cl2F3S/c20-12-3-7-17-15(9-12)16-10-13(21)4-8-18(16)25(17)14-5-1-11(2-6-14)19(22,23)24/h1-10H/q+1. The summed E-state index contributed by atoms with van der Waals surface area (Å²) >= 11 is 12.3. The summed E-state index contributed by atoms with van der Waals surface area (Å²) in [5.41, 5.74) is -0.647. The topological polar surface area (TPSA) is 0 Å². The van der Waals surface area contributed by atoms with Gasteiger partial charge < -0.3 is 0 Å². The van der Waals surface area contributed by atoms with Crippen molar-refractivity contribution in [2.75, 3.05) is 0 Å². The van der Waals surface area contributed by atoms with Crippen molar-refractivity contribution < 1.29 is 13.2 Å². The molecule has 6 heteroatoms. The third-order valence-electron chi connectivity index (χ3n) is 4.03. The van der Waals surface area contributed by atoms with Gasteiger partial charge in [0.05, 0.1) is 5.56 Å². The van der Waals surface area contributed by atoms with Gasteiger partial charge in [-0.25, -0.2) is 0 Å². The fourth-order valence-corrected chi connectivity index (χ4v) is 5.62. The number of alkyl halides is 3. The molecule has 4 aromatic rings. The summed E-state index contributed by atoms with van der Waals surface area (Å²) in [6.45, 7) is 0. The van der Waals surface area contributed by atoms with Crippen molar-refractivity contribution in [2.24, 2.45) is 0 Å². The van der Waals surface area contributed by atoms with E-state index in [-0.39, 0.29) is 0 Å². The Hall–Kier alpha value is -1.75. The number of rotatable bonds is 1. The van der Waals surface area contributed by atoms with Gasteiger partial charge in [0.15, 0.2) is 14.3 Å². The fraction of sp³-hybridized carbons (Fsp3) is 0.0526. The molecule has 1 heterocycles. The molecule has 0 nitrogen and oxygen atoms in total. The van der Waals surface area contributed by atoms with E-state index < -0.39 is 22.2 Å². The summed E-state index contributed by atoms with van der Waals surface area (Å²) in [5, 5.41) is 3.19. The van der Waals surface area contributed by atoms with Gasteiger partial charge in [0.25, 0.3) is 0 Å². The maximum Gasteiger partial charge on any atom is 0.416 e. The van der Waals surface area contributed by atoms with Crippen molar-refractivity contribution in [3.05, 3.63) is 76.3 Å². The number of hydrogen-bond donors (Lipinski definition) is 0. The zero-order valence-corrected chi connectivity index (χ0v) is 14.9. The van der Waals surface area contributed by atoms with Gasteiger partial charge in [0.1, 0.15) is 0 Å². The molecule has 0 aliphatic heterocycles. The van der Waals surface area contributed by atoms with Crippen molar-refractivity contribution >= 4 is 53.8 Å². The number of thiophene rings is 1. The van der Waals surface area contributed by atoms with Gasteiger partial charge in [-0.05, 0) is 48.5 Å². The Morgan fingerprint density at radius 2 is 1.16 bits per heavy atom. The lowest BCUT2D eigenvalue weighted by Gasteiger charge is -2.05. The summed E-state index contributed by atoms with van der Waals surface area (Å²) in [5.74, 6) is 0. The molecule has 0 aliphatic carbocycles. The Balaban J connectivity index is 2.03. The fourth-order valence-electron chi connectivity index (χ4n) is 2.93. The van der Waals surface area contributed by atoms with E-state index in [4.69, 9.17) is 23.2 Å². The first-order valence-corrected chi connectivity index (χ1v) is 9.34. The molecule has 0 atom stereocenters. The van der Waals surface area contributed by atoms with E-state index in [2.05, 4.69) is 0 Å². The average molecular weight is 398 g/mol. The highest BCUT2D eigenvalue weighted by atomic mass is 35.5. The largest absolute Gasteiger partial charge is 0.416 e. The lowest BCUT2D eigenvalue weighted by Crippen LogP contribution is -2.03. The van der Waals surface area contributed by atoms with Crippen LogP contribution >= 0.6 is 33.7 Å². The van der Waals surface area contributed by atoms with Crippen LogP contribution in [0.15, 0.2) is 60.7 Å². The van der Waals surface area contributed by atoms with Crippen LogP contribution in [0.25, 0.3) is 25.1 Å². The van der Waals surface area contributed by atoms with E-state index >= 15 is 0 Å². The molecule has 0 spiro atoms. The summed E-state index contributed by atoms with van der Waals surface area (Å²) in [4.78, 5) is 0.831. The Bertz CT molecular complexity index is 1040. The maximum absolute atomic E-state index is 12.8. The molecule has 0 saturated carbocycles. The highest BCUT2D eigenvalue weighted by Gasteiger charge is 2.31. The summed E-state index contributed by atoms with van der Waals surface area (Å²) < 4.78 is 40.6. The first-order valence-electron chi connectivity index (χ1n) is 7.35. The van der Waals surface area contributed by atoms with Crippen LogP contribution in [-0.4, -0.2) is 0 Å². The molecule has 126 valence electrons. The van der Waals surface area contributed by atoms with Crippen LogP contribution in [-0.2, 0) is 6.18 Å². The average Bonchev–Trinajstić information content (AvgIpc) is 2.87. The van der Waals surface area contributed by atoms with Gasteiger partial charge >= 0.3 is 6.18 Å². The third kappa shape index (κ3) is 2.88. The molecule has 0 aliphatic rings. The van der Waals surface area contributed by atoms with Gasteiger partial charge in [-0.3, -0.25) is 0 Å². The van der Waals surface area contributed by atoms with E-state index in [1.807, 2.05) is 24.3 Å². The summed E-state index contributed by atoms with van der Waals surface area (Å²) in [6.07, 6.45) is -4.34. The lowest BCUT2D eigenvalue weighted by atomic mass is 10.1. The minimum atomic E-state index is -4.34. The Kier molecular flexibility index (Phi) is 3.95. The predicted molar refractivity (Wildman–Crippen MR) is 100 cm³/mol. The number of benzene rings is 3. The van der Waals surface area contributed by atoms with Crippen LogP contribution in [0.3, 0.4) is 0 Å². The second-order valence-corrected chi connectivity index (χ2v) is 8.45. The van der Waals surface area contributed by atoms with Crippen LogP contribution in [0, 0.1) is 0 Å². The van der Waals surface area contributed by atoms with Crippen LogP contribution in [0.5, 0.6) is 0 Å². The van der Waals surface area contributed by atoms with E-state index in [1.165, 1.54) is 0 Å². The first-order chi connectivity index (χ1) is 11.8. The molecular formula is C19H10Cl2F3S+. The third-order valence-corrected chi connectivity index (χ3v) is 6.84. The van der Waals surface area contributed by atoms with Gasteiger partial charge in [-0.15, -0.1) is 0 Å². The molecule has 0 radical (unpaired) electrons. The first kappa shape index (κ1) is 16.7. The molecule has 25 heavy (non-hydrogen) atoms. The zero-order valence-electron chi connectivity index (χ0n) is 12.6. The Morgan fingerprint density at radius 1 is 0.680 bits per heavy atom. The minimum Gasteiger partial charge on any atom is -0.166 e. The molecule has 0 N–H and O–H groups in total. The van der Waals surface area contributed by atoms with Crippen molar-refractivity contribution in [2.45, 2.75) is 6.18 Å². The monoisotopic (exact) mass is 397 g/mol. The molecule has 0 bridgehead atoms. The summed E-state index contributed by atoms with van der Waals surface area (Å²) in [6, 6.07) is 16.6. The van der Waals surface area contributed by atoms with Crippen molar-refractivity contribution in [1.29, 1.82) is 0 Å². The molecule has 0 saturated heterocycles. The molecule has 4 rings (SSSR count). The van der Waals surface area contributed by atoms with Crippen molar-refractivity contribution in [3.8, 4) is 4.90 Å². The van der Waals surface area contributed by atoms with Crippen molar-refractivity contribution in [1.82, 2.24) is 0 Å². The summed E-state index contributed by atoms with van der Waals surface area (Å²) in [7, 11) is -0.477. The quantitative estimate of drug-likeness (QED) is 0.285. The van der Waals surface area contributed by atoms with Crippen LogP contribution < -0.4 is 0 Å². The lowest BCUT2D eigenvalue weighted by molar-refractivity contribution is -0.137. The maximum atomic E-state index is 12.8. The number of fused-ring (bicyclic) bond motifs is 3. The van der Waals surface area contributed by atoms with Crippen LogP contribution in [0.2, 0.25) is 10.0 Å². The molecule has 3 aromatic carbocycles. The van der Waals surface area contributed by atoms with Crippen LogP contribution in [0.1, 0.15) is 5.56 Å². The SMILES string of the molecule is FC(F)(F)c1ccc(-[s+]2c3ccc(Cl)cc3c3cc(Cl)ccc32)cc1. The van der Waals surface area contributed by atoms with Crippen molar-refractivity contribution in [3.63, 3.8) is 0 Å². The smallest absolute Gasteiger partial charge is 0.166 e. The van der Waals surface area contributed by atoms with E-state index in [0.717, 1.165) is 37.2 Å². The van der Waals surface area contributed by atoms with E-state index in [9.17, 15) is 13.2 Å². The van der Waals surface area contributed by atoms with Gasteiger partial charge in [-0.1, -0.05) is 23.2 Å². The second kappa shape index (κ2) is 5.90. The minimum absolute atomic E-state index is 0.477. The van der Waals surface area contributed by atoms with E-state index in [1.54, 1.807) is 24.3 Å². The highest BCUT2D eigenvalue weighted by molar-refractivity contribution is 7.50. The van der Waals surface area contributed by atoms with Gasteiger partial charge in [0, 0.05) is 43.4 Å². The predicted octanol–water partition coefficient (Wildman–Crippen LogP) is 8.06. The normalized spacial score (nSPS) is 12.2. The Labute approximate surface area is 154 Å². The van der Waals surface area contributed by atoms with Gasteiger partial charge in [0.2, 0.25) is 0 Å². The highest BCUT2D eigenvalue weighted by Crippen LogP contribution is 2.49. The molecular weight excluding hydrogens is 388 g/mol. The molecule has 0 unspecified atom stereocenters. The van der Waals surface area contributed by atoms with Crippen LogP contribution in [0.4, 0.5) is 13.2 Å². The van der Waals surface area contributed by atoms with E-state index in [0.29, 0.717) is 10.0 Å². The number of hydrogen-bond acceptors (Lipinski definition) is 0. The number of halogens is 5. The van der Waals surface area contributed by atoms with Gasteiger partial charge in [-0.2, -0.15) is 13.2 Å². The molecule has 0 fully saturated rings. The Morgan fingerprint density at radius 3 is 1.60 bits per heavy atom.